The van der Waals surface area contributed by atoms with Crippen LogP contribution in [0.4, 0.5) is 15.8 Å². The van der Waals surface area contributed by atoms with Crippen molar-refractivity contribution in [1.82, 2.24) is 4.98 Å². The highest BCUT2D eigenvalue weighted by atomic mass is 32.2. The largest absolute Gasteiger partial charge is 0.322 e. The number of rotatable bonds is 5. The van der Waals surface area contributed by atoms with Gasteiger partial charge in [-0.2, -0.15) is 0 Å². The van der Waals surface area contributed by atoms with Crippen LogP contribution >= 0.6 is 0 Å². The van der Waals surface area contributed by atoms with Gasteiger partial charge in [-0.05, 0) is 79.2 Å². The van der Waals surface area contributed by atoms with E-state index in [9.17, 15) is 17.6 Å². The Labute approximate surface area is 178 Å². The lowest BCUT2D eigenvalue weighted by Gasteiger charge is -2.10. The van der Waals surface area contributed by atoms with Crippen molar-refractivity contribution >= 4 is 38.2 Å². The molecule has 1 heterocycles. The number of hydrogen-bond donors (Lipinski definition) is 2. The number of amides is 1. The summed E-state index contributed by atoms with van der Waals surface area (Å²) in [5.41, 5.74) is 2.34. The van der Waals surface area contributed by atoms with Gasteiger partial charge in [-0.3, -0.25) is 14.5 Å². The quantitative estimate of drug-likeness (QED) is 0.474. The molecule has 0 aliphatic rings. The Morgan fingerprint density at radius 3 is 2.42 bits per heavy atom. The Bertz CT molecular complexity index is 1390. The van der Waals surface area contributed by atoms with Crippen LogP contribution in [-0.4, -0.2) is 19.3 Å². The first-order valence-electron chi connectivity index (χ1n) is 9.37. The third-order valence-electron chi connectivity index (χ3n) is 4.70. The van der Waals surface area contributed by atoms with Gasteiger partial charge in [0.25, 0.3) is 15.9 Å². The van der Waals surface area contributed by atoms with Crippen LogP contribution in [0.5, 0.6) is 0 Å². The maximum absolute atomic E-state index is 13.4. The molecule has 31 heavy (non-hydrogen) atoms. The Hall–Kier alpha value is -3.78. The Kier molecular flexibility index (Phi) is 5.39. The molecule has 3 aromatic carbocycles. The number of fused-ring (bicyclic) bond motifs is 1. The normalized spacial score (nSPS) is 11.3. The maximum Gasteiger partial charge on any atom is 0.261 e. The number of anilines is 2. The van der Waals surface area contributed by atoms with Crippen LogP contribution in [-0.2, 0) is 10.0 Å². The first-order valence-corrected chi connectivity index (χ1v) is 10.9. The monoisotopic (exact) mass is 435 g/mol. The lowest BCUT2D eigenvalue weighted by Crippen LogP contribution is -2.14. The molecule has 6 nitrogen and oxygen atoms in total. The average Bonchev–Trinajstić information content (AvgIpc) is 2.75. The number of carbonyl (C=O) groups excluding carboxylic acids is 1. The van der Waals surface area contributed by atoms with Crippen LogP contribution in [0.15, 0.2) is 83.9 Å². The second-order valence-corrected chi connectivity index (χ2v) is 8.64. The van der Waals surface area contributed by atoms with Crippen molar-refractivity contribution in [3.63, 3.8) is 0 Å². The summed E-state index contributed by atoms with van der Waals surface area (Å²) < 4.78 is 40.9. The van der Waals surface area contributed by atoms with E-state index < -0.39 is 15.8 Å². The zero-order valence-electron chi connectivity index (χ0n) is 16.5. The highest BCUT2D eigenvalue weighted by molar-refractivity contribution is 7.92. The SMILES string of the molecule is Cc1cc(S(=O)(=O)Nc2ccc(C(=O)Nc3ccc4ncccc4c3)cc2)ccc1F. The third kappa shape index (κ3) is 4.54. The Morgan fingerprint density at radius 2 is 1.68 bits per heavy atom. The van der Waals surface area contributed by atoms with Gasteiger partial charge in [-0.1, -0.05) is 6.07 Å². The number of benzene rings is 3. The summed E-state index contributed by atoms with van der Waals surface area (Å²) in [5.74, 6) is -0.802. The number of aryl methyl sites for hydroxylation is 1. The highest BCUT2D eigenvalue weighted by Gasteiger charge is 2.16. The third-order valence-corrected chi connectivity index (χ3v) is 6.08. The lowest BCUT2D eigenvalue weighted by molar-refractivity contribution is 0.102. The highest BCUT2D eigenvalue weighted by Crippen LogP contribution is 2.21. The van der Waals surface area contributed by atoms with Crippen molar-refractivity contribution < 1.29 is 17.6 Å². The number of pyridine rings is 1. The topological polar surface area (TPSA) is 88.2 Å². The molecule has 0 unspecified atom stereocenters. The van der Waals surface area contributed by atoms with E-state index in [2.05, 4.69) is 15.0 Å². The van der Waals surface area contributed by atoms with E-state index in [-0.39, 0.29) is 22.1 Å². The van der Waals surface area contributed by atoms with E-state index in [0.717, 1.165) is 17.0 Å². The van der Waals surface area contributed by atoms with Gasteiger partial charge in [0.1, 0.15) is 5.82 Å². The van der Waals surface area contributed by atoms with Gasteiger partial charge in [0.15, 0.2) is 0 Å². The summed E-state index contributed by atoms with van der Waals surface area (Å²) >= 11 is 0. The van der Waals surface area contributed by atoms with Gasteiger partial charge < -0.3 is 5.32 Å². The summed E-state index contributed by atoms with van der Waals surface area (Å²) in [6.07, 6.45) is 1.70. The molecule has 8 heteroatoms. The lowest BCUT2D eigenvalue weighted by atomic mass is 10.1. The standard InChI is InChI=1S/C23H18FN3O3S/c1-15-13-20(9-10-21(15)24)31(29,30)27-18-6-4-16(5-7-18)23(28)26-19-8-11-22-17(14-19)3-2-12-25-22/h2-14,27H,1H3,(H,26,28). The summed E-state index contributed by atoms with van der Waals surface area (Å²) in [6.45, 7) is 1.49. The van der Waals surface area contributed by atoms with Crippen LogP contribution < -0.4 is 10.0 Å². The van der Waals surface area contributed by atoms with Gasteiger partial charge in [0.2, 0.25) is 0 Å². The second kappa shape index (κ2) is 8.16. The summed E-state index contributed by atoms with van der Waals surface area (Å²) in [7, 11) is -3.88. The van der Waals surface area contributed by atoms with Gasteiger partial charge in [0.05, 0.1) is 10.4 Å². The van der Waals surface area contributed by atoms with Gasteiger partial charge in [-0.25, -0.2) is 12.8 Å². The molecular formula is C23H18FN3O3S. The smallest absolute Gasteiger partial charge is 0.261 e. The molecule has 2 N–H and O–H groups in total. The fourth-order valence-corrected chi connectivity index (χ4v) is 4.19. The van der Waals surface area contributed by atoms with Gasteiger partial charge >= 0.3 is 0 Å². The van der Waals surface area contributed by atoms with Crippen LogP contribution in [0.1, 0.15) is 15.9 Å². The van der Waals surface area contributed by atoms with E-state index in [1.165, 1.54) is 43.3 Å². The zero-order chi connectivity index (χ0) is 22.0. The van der Waals surface area contributed by atoms with E-state index in [0.29, 0.717) is 11.3 Å². The number of carbonyl (C=O) groups is 1. The fourth-order valence-electron chi connectivity index (χ4n) is 3.04. The number of hydrogen-bond acceptors (Lipinski definition) is 4. The molecule has 0 saturated heterocycles. The maximum atomic E-state index is 13.4. The number of nitrogens with one attached hydrogen (secondary N) is 2. The van der Waals surface area contributed by atoms with Crippen LogP contribution in [0, 0.1) is 12.7 Å². The molecule has 156 valence electrons. The molecule has 4 aromatic rings. The number of halogens is 1. The molecule has 0 fully saturated rings. The average molecular weight is 435 g/mol. The molecular weight excluding hydrogens is 417 g/mol. The minimum absolute atomic E-state index is 0.0426. The predicted octanol–water partition coefficient (Wildman–Crippen LogP) is 4.74. The first-order chi connectivity index (χ1) is 14.8. The van der Waals surface area contributed by atoms with E-state index in [1.54, 1.807) is 12.3 Å². The molecule has 0 aliphatic carbocycles. The molecule has 0 saturated carbocycles. The molecule has 0 radical (unpaired) electrons. The van der Waals surface area contributed by atoms with E-state index in [4.69, 9.17) is 0 Å². The molecule has 0 atom stereocenters. The summed E-state index contributed by atoms with van der Waals surface area (Å²) in [5, 5.41) is 3.72. The first kappa shape index (κ1) is 20.5. The van der Waals surface area contributed by atoms with Crippen molar-refractivity contribution in [3.05, 3.63) is 95.9 Å². The molecule has 1 aromatic heterocycles. The van der Waals surface area contributed by atoms with Crippen molar-refractivity contribution in [2.75, 3.05) is 10.0 Å². The van der Waals surface area contributed by atoms with Crippen molar-refractivity contribution in [2.24, 2.45) is 0 Å². The fraction of sp³-hybridized carbons (Fsp3) is 0.0435. The van der Waals surface area contributed by atoms with Crippen LogP contribution in [0.2, 0.25) is 0 Å². The molecule has 4 rings (SSSR count). The van der Waals surface area contributed by atoms with E-state index >= 15 is 0 Å². The molecule has 0 aliphatic heterocycles. The molecule has 0 spiro atoms. The van der Waals surface area contributed by atoms with Gasteiger partial charge in [0, 0.05) is 28.5 Å². The minimum atomic E-state index is -3.88. The zero-order valence-corrected chi connectivity index (χ0v) is 17.3. The van der Waals surface area contributed by atoms with Crippen molar-refractivity contribution in [2.45, 2.75) is 11.8 Å². The van der Waals surface area contributed by atoms with Crippen LogP contribution in [0.25, 0.3) is 10.9 Å². The van der Waals surface area contributed by atoms with Crippen LogP contribution in [0.3, 0.4) is 0 Å². The Morgan fingerprint density at radius 1 is 0.935 bits per heavy atom. The predicted molar refractivity (Wildman–Crippen MR) is 118 cm³/mol. The summed E-state index contributed by atoms with van der Waals surface area (Å²) in [4.78, 5) is 16.7. The minimum Gasteiger partial charge on any atom is -0.322 e. The molecule has 1 amide bonds. The number of sulfonamides is 1. The van der Waals surface area contributed by atoms with Crippen molar-refractivity contribution in [3.8, 4) is 0 Å². The van der Waals surface area contributed by atoms with E-state index in [1.807, 2.05) is 24.3 Å². The molecule has 0 bridgehead atoms. The number of nitrogens with zero attached hydrogens (tertiary/aromatic N) is 1. The van der Waals surface area contributed by atoms with Gasteiger partial charge in [-0.15, -0.1) is 0 Å². The van der Waals surface area contributed by atoms with Crippen molar-refractivity contribution in [1.29, 1.82) is 0 Å². The Balaban J connectivity index is 1.47. The summed E-state index contributed by atoms with van der Waals surface area (Å²) in [6, 6.07) is 18.7. The second-order valence-electron chi connectivity index (χ2n) is 6.96. The number of aromatic nitrogens is 1.